The number of pyridine rings is 1. The van der Waals surface area contributed by atoms with Crippen LogP contribution < -0.4 is 5.32 Å². The first-order valence-corrected chi connectivity index (χ1v) is 7.24. The highest BCUT2D eigenvalue weighted by Gasteiger charge is 2.12. The zero-order valence-electron chi connectivity index (χ0n) is 12.5. The maximum absolute atomic E-state index is 12.0. The quantitative estimate of drug-likeness (QED) is 0.848. The molecule has 0 bridgehead atoms. The van der Waals surface area contributed by atoms with Crippen LogP contribution in [-0.2, 0) is 11.3 Å². The number of hydrogen-bond donors (Lipinski definition) is 2. The summed E-state index contributed by atoms with van der Waals surface area (Å²) in [6.45, 7) is 0.691. The van der Waals surface area contributed by atoms with Gasteiger partial charge in [0.2, 0.25) is 5.91 Å². The summed E-state index contributed by atoms with van der Waals surface area (Å²) in [4.78, 5) is 29.1. The van der Waals surface area contributed by atoms with Crippen molar-refractivity contribution in [2.75, 3.05) is 18.9 Å². The largest absolute Gasteiger partial charge is 0.478 e. The van der Waals surface area contributed by atoms with E-state index >= 15 is 0 Å². The molecule has 1 aromatic carbocycles. The number of carbonyl (C=O) groups is 2. The zero-order valence-corrected chi connectivity index (χ0v) is 13.2. The SMILES string of the molecule is CN(CC(=O)Nc1ccc(Cl)c(C(=O)O)c1)Cc1ccccn1. The van der Waals surface area contributed by atoms with Crippen LogP contribution in [0.2, 0.25) is 5.02 Å². The molecule has 1 amide bonds. The molecule has 0 aliphatic heterocycles. The predicted octanol–water partition coefficient (Wildman–Crippen LogP) is 2.50. The normalized spacial score (nSPS) is 10.6. The van der Waals surface area contributed by atoms with E-state index in [9.17, 15) is 9.59 Å². The maximum Gasteiger partial charge on any atom is 0.337 e. The smallest absolute Gasteiger partial charge is 0.337 e. The Balaban J connectivity index is 1.94. The number of likely N-dealkylation sites (N-methyl/N-ethyl adjacent to an activating group) is 1. The van der Waals surface area contributed by atoms with E-state index in [-0.39, 0.29) is 23.0 Å². The molecule has 1 aromatic heterocycles. The molecule has 2 N–H and O–H groups in total. The first-order chi connectivity index (χ1) is 11.0. The Kier molecular flexibility index (Phi) is 5.67. The molecule has 0 saturated heterocycles. The summed E-state index contributed by atoms with van der Waals surface area (Å²) < 4.78 is 0. The van der Waals surface area contributed by atoms with Crippen molar-refractivity contribution in [3.05, 3.63) is 58.9 Å². The van der Waals surface area contributed by atoms with E-state index < -0.39 is 5.97 Å². The average Bonchev–Trinajstić information content (AvgIpc) is 2.49. The van der Waals surface area contributed by atoms with Crippen LogP contribution in [0.25, 0.3) is 0 Å². The monoisotopic (exact) mass is 333 g/mol. The summed E-state index contributed by atoms with van der Waals surface area (Å²) in [6, 6.07) is 9.94. The number of carboxylic acid groups (broad SMARTS) is 1. The number of nitrogens with zero attached hydrogens (tertiary/aromatic N) is 2. The molecule has 2 aromatic rings. The molecule has 0 unspecified atom stereocenters. The Morgan fingerprint density at radius 1 is 1.30 bits per heavy atom. The van der Waals surface area contributed by atoms with Crippen LogP contribution in [0.1, 0.15) is 16.1 Å². The lowest BCUT2D eigenvalue weighted by atomic mass is 10.2. The molecule has 7 heteroatoms. The third-order valence-corrected chi connectivity index (χ3v) is 3.38. The number of hydrogen-bond acceptors (Lipinski definition) is 4. The molecule has 0 aliphatic carbocycles. The van der Waals surface area contributed by atoms with Crippen LogP contribution in [0.3, 0.4) is 0 Å². The summed E-state index contributed by atoms with van der Waals surface area (Å²) in [5.74, 6) is -1.39. The van der Waals surface area contributed by atoms with E-state index in [0.29, 0.717) is 12.2 Å². The number of carbonyl (C=O) groups excluding carboxylic acids is 1. The molecule has 0 radical (unpaired) electrons. The first kappa shape index (κ1) is 16.9. The lowest BCUT2D eigenvalue weighted by Gasteiger charge is -2.16. The standard InChI is InChI=1S/C16H16ClN3O3/c1-20(9-12-4-2-3-7-18-12)10-15(21)19-11-5-6-14(17)13(8-11)16(22)23/h2-8H,9-10H2,1H3,(H,19,21)(H,22,23). The minimum Gasteiger partial charge on any atom is -0.478 e. The van der Waals surface area contributed by atoms with Gasteiger partial charge in [0.25, 0.3) is 0 Å². The molecule has 2 rings (SSSR count). The lowest BCUT2D eigenvalue weighted by Crippen LogP contribution is -2.30. The summed E-state index contributed by atoms with van der Waals surface area (Å²) in [5, 5.41) is 11.8. The number of rotatable bonds is 6. The van der Waals surface area contributed by atoms with E-state index in [2.05, 4.69) is 10.3 Å². The second-order valence-corrected chi connectivity index (χ2v) is 5.45. The van der Waals surface area contributed by atoms with E-state index in [1.54, 1.807) is 19.3 Å². The molecule has 0 spiro atoms. The lowest BCUT2D eigenvalue weighted by molar-refractivity contribution is -0.117. The van der Waals surface area contributed by atoms with E-state index in [1.807, 2.05) is 23.1 Å². The van der Waals surface area contributed by atoms with Crippen molar-refractivity contribution in [3.8, 4) is 0 Å². The Labute approximate surface area is 138 Å². The number of benzene rings is 1. The van der Waals surface area contributed by atoms with Gasteiger partial charge in [0.05, 0.1) is 22.8 Å². The van der Waals surface area contributed by atoms with Gasteiger partial charge in [-0.15, -0.1) is 0 Å². The van der Waals surface area contributed by atoms with Crippen molar-refractivity contribution < 1.29 is 14.7 Å². The molecule has 0 saturated carbocycles. The van der Waals surface area contributed by atoms with E-state index in [4.69, 9.17) is 16.7 Å². The number of aromatic nitrogens is 1. The van der Waals surface area contributed by atoms with Gasteiger partial charge in [-0.25, -0.2) is 4.79 Å². The summed E-state index contributed by atoms with van der Waals surface area (Å²) in [7, 11) is 1.80. The minimum atomic E-state index is -1.14. The fourth-order valence-corrected chi connectivity index (χ4v) is 2.24. The molecule has 0 atom stereocenters. The van der Waals surface area contributed by atoms with Gasteiger partial charge in [-0.2, -0.15) is 0 Å². The highest BCUT2D eigenvalue weighted by molar-refractivity contribution is 6.33. The number of nitrogens with one attached hydrogen (secondary N) is 1. The summed E-state index contributed by atoms with van der Waals surface area (Å²) >= 11 is 5.79. The Morgan fingerprint density at radius 2 is 2.09 bits per heavy atom. The van der Waals surface area contributed by atoms with Gasteiger partial charge in [0.1, 0.15) is 0 Å². The molecular weight excluding hydrogens is 318 g/mol. The van der Waals surface area contributed by atoms with Crippen molar-refractivity contribution in [1.29, 1.82) is 0 Å². The fraction of sp³-hybridized carbons (Fsp3) is 0.188. The van der Waals surface area contributed by atoms with Crippen molar-refractivity contribution in [1.82, 2.24) is 9.88 Å². The van der Waals surface area contributed by atoms with Crippen LogP contribution in [0.5, 0.6) is 0 Å². The molecule has 0 aliphatic rings. The van der Waals surface area contributed by atoms with Crippen LogP contribution >= 0.6 is 11.6 Å². The van der Waals surface area contributed by atoms with Gasteiger partial charge in [-0.05, 0) is 37.4 Å². The summed E-state index contributed by atoms with van der Waals surface area (Å²) in [5.41, 5.74) is 1.21. The summed E-state index contributed by atoms with van der Waals surface area (Å²) in [6.07, 6.45) is 1.70. The van der Waals surface area contributed by atoms with Gasteiger partial charge in [-0.3, -0.25) is 14.7 Å². The van der Waals surface area contributed by atoms with Gasteiger partial charge in [0, 0.05) is 18.4 Å². The number of carboxylic acids is 1. The van der Waals surface area contributed by atoms with Gasteiger partial charge >= 0.3 is 5.97 Å². The molecular formula is C16H16ClN3O3. The van der Waals surface area contributed by atoms with Crippen LogP contribution in [-0.4, -0.2) is 40.5 Å². The number of halogens is 1. The average molecular weight is 334 g/mol. The second-order valence-electron chi connectivity index (χ2n) is 5.04. The van der Waals surface area contributed by atoms with Crippen LogP contribution in [0.4, 0.5) is 5.69 Å². The van der Waals surface area contributed by atoms with Crippen molar-refractivity contribution in [3.63, 3.8) is 0 Å². The van der Waals surface area contributed by atoms with Gasteiger partial charge in [0.15, 0.2) is 0 Å². The van der Waals surface area contributed by atoms with Crippen LogP contribution in [0.15, 0.2) is 42.6 Å². The third-order valence-electron chi connectivity index (χ3n) is 3.05. The fourth-order valence-electron chi connectivity index (χ4n) is 2.04. The second kappa shape index (κ2) is 7.71. The van der Waals surface area contributed by atoms with Gasteiger partial charge < -0.3 is 10.4 Å². The Bertz CT molecular complexity index is 707. The van der Waals surface area contributed by atoms with E-state index in [0.717, 1.165) is 5.69 Å². The third kappa shape index (κ3) is 5.05. The molecule has 23 heavy (non-hydrogen) atoms. The van der Waals surface area contributed by atoms with E-state index in [1.165, 1.54) is 12.1 Å². The van der Waals surface area contributed by atoms with Crippen molar-refractivity contribution in [2.24, 2.45) is 0 Å². The zero-order chi connectivity index (χ0) is 16.8. The Morgan fingerprint density at radius 3 is 2.74 bits per heavy atom. The van der Waals surface area contributed by atoms with Crippen molar-refractivity contribution in [2.45, 2.75) is 6.54 Å². The maximum atomic E-state index is 12.0. The molecule has 1 heterocycles. The molecule has 120 valence electrons. The number of anilines is 1. The Hall–Kier alpha value is -2.44. The topological polar surface area (TPSA) is 82.5 Å². The minimum absolute atomic E-state index is 0.0497. The first-order valence-electron chi connectivity index (χ1n) is 6.87. The van der Waals surface area contributed by atoms with Crippen LogP contribution in [0, 0.1) is 0 Å². The predicted molar refractivity (Wildman–Crippen MR) is 87.6 cm³/mol. The highest BCUT2D eigenvalue weighted by Crippen LogP contribution is 2.20. The number of amides is 1. The number of aromatic carboxylic acids is 1. The molecule has 0 fully saturated rings. The highest BCUT2D eigenvalue weighted by atomic mass is 35.5. The van der Waals surface area contributed by atoms with Gasteiger partial charge in [-0.1, -0.05) is 17.7 Å². The molecule has 6 nitrogen and oxygen atoms in total. The van der Waals surface area contributed by atoms with Crippen molar-refractivity contribution >= 4 is 29.2 Å².